The van der Waals surface area contributed by atoms with Crippen LogP contribution < -0.4 is 5.69 Å². The molecule has 0 saturated heterocycles. The van der Waals surface area contributed by atoms with E-state index in [0.29, 0.717) is 10.2 Å². The Morgan fingerprint density at radius 2 is 2.33 bits per heavy atom. The van der Waals surface area contributed by atoms with Crippen molar-refractivity contribution in [3.8, 4) is 0 Å². The van der Waals surface area contributed by atoms with Gasteiger partial charge in [-0.2, -0.15) is 0 Å². The number of hydrogen-bond donors (Lipinski definition) is 1. The van der Waals surface area contributed by atoms with Gasteiger partial charge in [-0.15, -0.1) is 5.10 Å². The van der Waals surface area contributed by atoms with Gasteiger partial charge in [0.1, 0.15) is 5.03 Å². The highest BCUT2D eigenvalue weighted by Crippen LogP contribution is 2.38. The first-order chi connectivity index (χ1) is 8.65. The van der Waals surface area contributed by atoms with Crippen LogP contribution in [0.3, 0.4) is 0 Å². The maximum Gasteiger partial charge on any atom is 0.344 e. The third-order valence-corrected chi connectivity index (χ3v) is 4.61. The highest BCUT2D eigenvalue weighted by Gasteiger charge is 2.29. The molecule has 8 heteroatoms. The van der Waals surface area contributed by atoms with Crippen molar-refractivity contribution in [2.24, 2.45) is 0 Å². The van der Waals surface area contributed by atoms with Crippen molar-refractivity contribution < 1.29 is 0 Å². The van der Waals surface area contributed by atoms with E-state index in [9.17, 15) is 4.79 Å². The molecule has 0 amide bonds. The number of nitrogens with zero attached hydrogens (tertiary/aromatic N) is 3. The van der Waals surface area contributed by atoms with Gasteiger partial charge in [0.25, 0.3) is 0 Å². The predicted molar refractivity (Wildman–Crippen MR) is 72.2 cm³/mol. The molecular formula is C10H8BrClN4OS. The zero-order chi connectivity index (χ0) is 12.7. The van der Waals surface area contributed by atoms with E-state index in [4.69, 9.17) is 11.6 Å². The molecule has 0 unspecified atom stereocenters. The lowest BCUT2D eigenvalue weighted by Gasteiger charge is -2.04. The number of H-pyrrole nitrogens is 1. The molecule has 0 aromatic carbocycles. The van der Waals surface area contributed by atoms with Gasteiger partial charge >= 0.3 is 5.69 Å². The number of rotatable bonds is 3. The van der Waals surface area contributed by atoms with Crippen molar-refractivity contribution in [1.82, 2.24) is 19.7 Å². The Morgan fingerprint density at radius 1 is 1.56 bits per heavy atom. The fraction of sp³-hybridized carbons (Fsp3) is 0.300. The first-order valence-corrected chi connectivity index (χ1v) is 7.29. The van der Waals surface area contributed by atoms with Crippen LogP contribution in [-0.2, 0) is 0 Å². The Kier molecular flexibility index (Phi) is 3.21. The second-order valence-electron chi connectivity index (χ2n) is 3.96. The van der Waals surface area contributed by atoms with Crippen LogP contribution in [0.15, 0.2) is 31.7 Å². The minimum absolute atomic E-state index is 0.162. The lowest BCUT2D eigenvalue weighted by Crippen LogP contribution is -2.16. The summed E-state index contributed by atoms with van der Waals surface area (Å²) in [6, 6.07) is 2.05. The minimum Gasteiger partial charge on any atom is -0.267 e. The van der Waals surface area contributed by atoms with E-state index < -0.39 is 0 Å². The second-order valence-corrected chi connectivity index (χ2v) is 6.20. The molecule has 1 fully saturated rings. The lowest BCUT2D eigenvalue weighted by molar-refractivity contribution is 0.642. The summed E-state index contributed by atoms with van der Waals surface area (Å²) in [5.41, 5.74) is -0.162. The fourth-order valence-corrected chi connectivity index (χ4v) is 3.32. The van der Waals surface area contributed by atoms with E-state index in [-0.39, 0.29) is 11.7 Å². The number of aromatic nitrogens is 4. The second kappa shape index (κ2) is 4.71. The van der Waals surface area contributed by atoms with E-state index in [0.717, 1.165) is 22.3 Å². The molecule has 1 aliphatic rings. The van der Waals surface area contributed by atoms with E-state index in [2.05, 4.69) is 31.1 Å². The zero-order valence-electron chi connectivity index (χ0n) is 9.06. The molecule has 0 spiro atoms. The number of hydrogen-bond acceptors (Lipinski definition) is 4. The quantitative estimate of drug-likeness (QED) is 0.927. The monoisotopic (exact) mass is 346 g/mol. The summed E-state index contributed by atoms with van der Waals surface area (Å²) in [4.78, 5) is 15.8. The Hall–Kier alpha value is -0.790. The average Bonchev–Trinajstić information content (AvgIpc) is 3.08. The molecule has 2 heterocycles. The van der Waals surface area contributed by atoms with Gasteiger partial charge in [-0.25, -0.2) is 14.9 Å². The zero-order valence-corrected chi connectivity index (χ0v) is 12.2. The SMILES string of the molecule is O=c1[nH]nc(Sc2ncc(Cl)cc2Br)n1C1CC1. The first kappa shape index (κ1) is 12.3. The average molecular weight is 348 g/mol. The largest absolute Gasteiger partial charge is 0.344 e. The van der Waals surface area contributed by atoms with Gasteiger partial charge in [-0.05, 0) is 46.6 Å². The molecule has 18 heavy (non-hydrogen) atoms. The van der Waals surface area contributed by atoms with E-state index >= 15 is 0 Å². The molecule has 1 saturated carbocycles. The lowest BCUT2D eigenvalue weighted by atomic mass is 10.5. The molecule has 0 atom stereocenters. The summed E-state index contributed by atoms with van der Waals surface area (Å²) in [5, 5.41) is 8.44. The number of nitrogens with one attached hydrogen (secondary N) is 1. The molecule has 3 rings (SSSR count). The topological polar surface area (TPSA) is 63.6 Å². The van der Waals surface area contributed by atoms with E-state index in [1.165, 1.54) is 11.8 Å². The maximum atomic E-state index is 11.6. The third-order valence-electron chi connectivity index (χ3n) is 2.55. The normalized spacial score (nSPS) is 15.0. The van der Waals surface area contributed by atoms with Gasteiger partial charge in [0.05, 0.1) is 9.50 Å². The van der Waals surface area contributed by atoms with Crippen LogP contribution in [-0.4, -0.2) is 19.7 Å². The van der Waals surface area contributed by atoms with Gasteiger partial charge in [0.15, 0.2) is 5.16 Å². The van der Waals surface area contributed by atoms with Crippen molar-refractivity contribution >= 4 is 39.3 Å². The van der Waals surface area contributed by atoms with E-state index in [1.807, 2.05) is 0 Å². The maximum absolute atomic E-state index is 11.6. The summed E-state index contributed by atoms with van der Waals surface area (Å²) < 4.78 is 2.48. The Balaban J connectivity index is 1.94. The van der Waals surface area contributed by atoms with Crippen LogP contribution in [0.2, 0.25) is 5.02 Å². The summed E-state index contributed by atoms with van der Waals surface area (Å²) in [7, 11) is 0. The van der Waals surface area contributed by atoms with E-state index in [1.54, 1.807) is 16.8 Å². The van der Waals surface area contributed by atoms with Gasteiger partial charge in [-0.3, -0.25) is 4.57 Å². The van der Waals surface area contributed by atoms with Crippen molar-refractivity contribution in [3.63, 3.8) is 0 Å². The first-order valence-electron chi connectivity index (χ1n) is 5.31. The van der Waals surface area contributed by atoms with Crippen molar-refractivity contribution in [2.75, 3.05) is 0 Å². The van der Waals surface area contributed by atoms with Crippen LogP contribution in [0.4, 0.5) is 0 Å². The van der Waals surface area contributed by atoms with Gasteiger partial charge in [-0.1, -0.05) is 11.6 Å². The van der Waals surface area contributed by atoms with Crippen LogP contribution in [0.5, 0.6) is 0 Å². The van der Waals surface area contributed by atoms with Crippen molar-refractivity contribution in [3.05, 3.63) is 32.2 Å². The van der Waals surface area contributed by atoms with Crippen molar-refractivity contribution in [1.29, 1.82) is 0 Å². The molecule has 0 radical (unpaired) electrons. The highest BCUT2D eigenvalue weighted by atomic mass is 79.9. The minimum atomic E-state index is -0.162. The highest BCUT2D eigenvalue weighted by molar-refractivity contribution is 9.10. The molecule has 0 bridgehead atoms. The van der Waals surface area contributed by atoms with Crippen LogP contribution in [0.25, 0.3) is 0 Å². The van der Waals surface area contributed by atoms with Crippen molar-refractivity contribution in [2.45, 2.75) is 29.1 Å². The molecule has 0 aliphatic heterocycles. The molecule has 5 nitrogen and oxygen atoms in total. The Morgan fingerprint density at radius 3 is 3.00 bits per heavy atom. The third kappa shape index (κ3) is 2.34. The van der Waals surface area contributed by atoms with Crippen LogP contribution >= 0.6 is 39.3 Å². The predicted octanol–water partition coefficient (Wildman–Crippen LogP) is 2.87. The summed E-state index contributed by atoms with van der Waals surface area (Å²) in [6.45, 7) is 0. The van der Waals surface area contributed by atoms with Gasteiger partial charge in [0, 0.05) is 12.2 Å². The number of aromatic amines is 1. The molecule has 2 aromatic rings. The van der Waals surface area contributed by atoms with Gasteiger partial charge in [0.2, 0.25) is 0 Å². The van der Waals surface area contributed by atoms with Gasteiger partial charge < -0.3 is 0 Å². The Labute approximate surface area is 120 Å². The Bertz CT molecular complexity index is 652. The summed E-state index contributed by atoms with van der Waals surface area (Å²) in [5.74, 6) is 0. The number of halogens is 2. The summed E-state index contributed by atoms with van der Waals surface area (Å²) in [6.07, 6.45) is 3.63. The molecule has 1 N–H and O–H groups in total. The van der Waals surface area contributed by atoms with Crippen LogP contribution in [0, 0.1) is 0 Å². The fourth-order valence-electron chi connectivity index (χ4n) is 1.58. The smallest absolute Gasteiger partial charge is 0.267 e. The molecule has 2 aromatic heterocycles. The van der Waals surface area contributed by atoms with Crippen LogP contribution in [0.1, 0.15) is 18.9 Å². The molecule has 1 aliphatic carbocycles. The molecular weight excluding hydrogens is 340 g/mol. The number of pyridine rings is 1. The summed E-state index contributed by atoms with van der Waals surface area (Å²) >= 11 is 10.6. The standard InChI is InChI=1S/C10H8BrClN4OS/c11-7-3-5(12)4-13-8(7)18-10-15-14-9(17)16(10)6-1-2-6/h3-4,6H,1-2H2,(H,14,17). The molecule has 94 valence electrons.